The Bertz CT molecular complexity index is 457. The molecule has 0 saturated heterocycles. The summed E-state index contributed by atoms with van der Waals surface area (Å²) in [5.74, 6) is 0. The van der Waals surface area contributed by atoms with Crippen LogP contribution in [0.4, 0.5) is 17.6 Å². The Morgan fingerprint density at radius 2 is 1.94 bits per heavy atom. The van der Waals surface area contributed by atoms with E-state index in [9.17, 15) is 17.6 Å². The van der Waals surface area contributed by atoms with Gasteiger partial charge in [0.2, 0.25) is 0 Å². The Hall–Kier alpha value is -1.07. The summed E-state index contributed by atoms with van der Waals surface area (Å²) in [6, 6.07) is -0.289. The summed E-state index contributed by atoms with van der Waals surface area (Å²) in [7, 11) is 0. The zero-order valence-corrected chi connectivity index (χ0v) is 10.6. The largest absolute Gasteiger partial charge is 0.435 e. The Balaban J connectivity index is 2.69. The van der Waals surface area contributed by atoms with Gasteiger partial charge in [0.15, 0.2) is 5.69 Å². The van der Waals surface area contributed by atoms with E-state index in [-0.39, 0.29) is 30.1 Å². The van der Waals surface area contributed by atoms with E-state index in [0.29, 0.717) is 6.42 Å². The van der Waals surface area contributed by atoms with Gasteiger partial charge in [-0.05, 0) is 40.0 Å². The Morgan fingerprint density at radius 3 is 2.44 bits per heavy atom. The van der Waals surface area contributed by atoms with Crippen LogP contribution in [0.3, 0.4) is 0 Å². The van der Waals surface area contributed by atoms with Gasteiger partial charge in [-0.25, -0.2) is 4.39 Å². The standard InChI is InChI=1S/C12H16F4N2/c1-7(2)18-10-8(5-4-6-11(10,3)13)9(17-18)12(14,15)16/h7H,4-6H2,1-3H3. The van der Waals surface area contributed by atoms with Gasteiger partial charge in [-0.15, -0.1) is 0 Å². The predicted molar refractivity (Wildman–Crippen MR) is 59.0 cm³/mol. The minimum absolute atomic E-state index is 0.0347. The van der Waals surface area contributed by atoms with Crippen LogP contribution in [0.5, 0.6) is 0 Å². The number of nitrogens with zero attached hydrogens (tertiary/aromatic N) is 2. The van der Waals surface area contributed by atoms with E-state index in [4.69, 9.17) is 0 Å². The predicted octanol–water partition coefficient (Wildman–Crippen LogP) is 4.00. The molecule has 0 amide bonds. The summed E-state index contributed by atoms with van der Waals surface area (Å²) < 4.78 is 54.4. The number of hydrogen-bond acceptors (Lipinski definition) is 1. The SMILES string of the molecule is CC(C)n1nc(C(F)(F)F)c2c1C(C)(F)CCC2. The Labute approximate surface area is 103 Å². The quantitative estimate of drug-likeness (QED) is 0.701. The summed E-state index contributed by atoms with van der Waals surface area (Å²) in [5, 5.41) is 3.61. The third-order valence-corrected chi connectivity index (χ3v) is 3.33. The molecule has 0 spiro atoms. The summed E-state index contributed by atoms with van der Waals surface area (Å²) in [5.41, 5.74) is -2.51. The minimum atomic E-state index is -4.52. The van der Waals surface area contributed by atoms with Gasteiger partial charge in [-0.2, -0.15) is 18.3 Å². The molecule has 0 saturated carbocycles. The van der Waals surface area contributed by atoms with Crippen LogP contribution in [0, 0.1) is 0 Å². The molecule has 0 radical (unpaired) electrons. The molecule has 0 aromatic carbocycles. The topological polar surface area (TPSA) is 17.8 Å². The van der Waals surface area contributed by atoms with Crippen LogP contribution >= 0.6 is 0 Å². The first-order chi connectivity index (χ1) is 8.14. The molecule has 1 aliphatic carbocycles. The fourth-order valence-corrected chi connectivity index (χ4v) is 2.58. The maximum absolute atomic E-state index is 14.5. The van der Waals surface area contributed by atoms with Gasteiger partial charge in [0.05, 0.1) is 5.69 Å². The molecular weight excluding hydrogens is 248 g/mol. The first kappa shape index (κ1) is 13.4. The van der Waals surface area contributed by atoms with Crippen molar-refractivity contribution in [1.29, 1.82) is 0 Å². The van der Waals surface area contributed by atoms with E-state index < -0.39 is 17.5 Å². The normalized spacial score (nSPS) is 24.4. The van der Waals surface area contributed by atoms with E-state index in [0.717, 1.165) is 0 Å². The van der Waals surface area contributed by atoms with Gasteiger partial charge in [0.25, 0.3) is 0 Å². The maximum Gasteiger partial charge on any atom is 0.435 e. The van der Waals surface area contributed by atoms with Crippen LogP contribution in [0.25, 0.3) is 0 Å². The zero-order valence-electron chi connectivity index (χ0n) is 10.6. The van der Waals surface area contributed by atoms with Gasteiger partial charge >= 0.3 is 6.18 Å². The number of aromatic nitrogens is 2. The van der Waals surface area contributed by atoms with E-state index >= 15 is 0 Å². The van der Waals surface area contributed by atoms with Crippen LogP contribution in [-0.2, 0) is 18.3 Å². The molecule has 1 unspecified atom stereocenters. The molecule has 1 aliphatic rings. The van der Waals surface area contributed by atoms with E-state index in [1.807, 2.05) is 0 Å². The van der Waals surface area contributed by atoms with Crippen molar-refractivity contribution in [3.8, 4) is 0 Å². The molecule has 0 aliphatic heterocycles. The molecule has 0 N–H and O–H groups in total. The molecule has 0 bridgehead atoms. The summed E-state index contributed by atoms with van der Waals surface area (Å²) in [6.45, 7) is 4.75. The van der Waals surface area contributed by atoms with Crippen LogP contribution in [0.1, 0.15) is 56.6 Å². The third-order valence-electron chi connectivity index (χ3n) is 3.33. The fourth-order valence-electron chi connectivity index (χ4n) is 2.58. The lowest BCUT2D eigenvalue weighted by atomic mass is 9.85. The highest BCUT2D eigenvalue weighted by atomic mass is 19.4. The van der Waals surface area contributed by atoms with Crippen LogP contribution in [0.2, 0.25) is 0 Å². The van der Waals surface area contributed by atoms with Crippen molar-refractivity contribution in [2.24, 2.45) is 0 Å². The molecule has 2 nitrogen and oxygen atoms in total. The van der Waals surface area contributed by atoms with Gasteiger partial charge in [0, 0.05) is 11.6 Å². The molecule has 1 aromatic rings. The van der Waals surface area contributed by atoms with Crippen molar-refractivity contribution < 1.29 is 17.6 Å². The number of fused-ring (bicyclic) bond motifs is 1. The average Bonchev–Trinajstić information content (AvgIpc) is 2.57. The second-order valence-corrected chi connectivity index (χ2v) is 5.26. The van der Waals surface area contributed by atoms with Gasteiger partial charge < -0.3 is 0 Å². The minimum Gasteiger partial charge on any atom is -0.263 e. The summed E-state index contributed by atoms with van der Waals surface area (Å²) >= 11 is 0. The summed E-state index contributed by atoms with van der Waals surface area (Å²) in [6.07, 6.45) is -3.60. The molecule has 1 atom stereocenters. The average molecular weight is 264 g/mol. The molecule has 102 valence electrons. The van der Waals surface area contributed by atoms with E-state index in [1.165, 1.54) is 11.6 Å². The number of alkyl halides is 4. The van der Waals surface area contributed by atoms with Crippen LogP contribution < -0.4 is 0 Å². The number of hydrogen-bond donors (Lipinski definition) is 0. The molecule has 1 aromatic heterocycles. The number of rotatable bonds is 1. The molecular formula is C12H16F4N2. The Morgan fingerprint density at radius 1 is 1.33 bits per heavy atom. The van der Waals surface area contributed by atoms with Crippen molar-refractivity contribution in [2.45, 2.75) is 57.9 Å². The maximum atomic E-state index is 14.5. The van der Waals surface area contributed by atoms with Gasteiger partial charge in [-0.1, -0.05) is 0 Å². The van der Waals surface area contributed by atoms with Crippen molar-refractivity contribution in [2.75, 3.05) is 0 Å². The summed E-state index contributed by atoms with van der Waals surface area (Å²) in [4.78, 5) is 0. The van der Waals surface area contributed by atoms with E-state index in [1.54, 1.807) is 13.8 Å². The lowest BCUT2D eigenvalue weighted by molar-refractivity contribution is -0.142. The zero-order chi connectivity index (χ0) is 13.7. The van der Waals surface area contributed by atoms with Crippen molar-refractivity contribution in [1.82, 2.24) is 9.78 Å². The highest BCUT2D eigenvalue weighted by molar-refractivity contribution is 5.35. The van der Waals surface area contributed by atoms with Crippen molar-refractivity contribution >= 4 is 0 Å². The van der Waals surface area contributed by atoms with Crippen molar-refractivity contribution in [3.05, 3.63) is 17.0 Å². The first-order valence-corrected chi connectivity index (χ1v) is 6.02. The molecule has 2 rings (SSSR count). The van der Waals surface area contributed by atoms with Crippen LogP contribution in [0.15, 0.2) is 0 Å². The molecule has 6 heteroatoms. The Kier molecular flexibility index (Phi) is 2.94. The molecule has 0 fully saturated rings. The third kappa shape index (κ3) is 2.01. The van der Waals surface area contributed by atoms with Crippen LogP contribution in [-0.4, -0.2) is 9.78 Å². The highest BCUT2D eigenvalue weighted by Gasteiger charge is 2.45. The van der Waals surface area contributed by atoms with E-state index in [2.05, 4.69) is 5.10 Å². The second kappa shape index (κ2) is 3.96. The number of halogens is 4. The smallest absolute Gasteiger partial charge is 0.263 e. The molecule has 1 heterocycles. The van der Waals surface area contributed by atoms with Gasteiger partial charge in [-0.3, -0.25) is 4.68 Å². The van der Waals surface area contributed by atoms with Crippen molar-refractivity contribution in [3.63, 3.8) is 0 Å². The molecule has 18 heavy (non-hydrogen) atoms. The second-order valence-electron chi connectivity index (χ2n) is 5.26. The first-order valence-electron chi connectivity index (χ1n) is 6.02. The lowest BCUT2D eigenvalue weighted by Gasteiger charge is -2.28. The lowest BCUT2D eigenvalue weighted by Crippen LogP contribution is -2.27. The highest BCUT2D eigenvalue weighted by Crippen LogP contribution is 2.44. The fraction of sp³-hybridized carbons (Fsp3) is 0.750. The van der Waals surface area contributed by atoms with Gasteiger partial charge in [0.1, 0.15) is 5.67 Å². The monoisotopic (exact) mass is 264 g/mol.